The summed E-state index contributed by atoms with van der Waals surface area (Å²) in [6, 6.07) is -0.690. The molecule has 7 heteroatoms. The molecule has 1 aliphatic heterocycles. The van der Waals surface area contributed by atoms with E-state index in [4.69, 9.17) is 0 Å². The van der Waals surface area contributed by atoms with Crippen molar-refractivity contribution in [2.24, 2.45) is 0 Å². The molecular weight excluding hydrogens is 266 g/mol. The number of rotatable bonds is 5. The topological polar surface area (TPSA) is 75.4 Å². The largest absolute Gasteiger partial charge is 0.480 e. The van der Waals surface area contributed by atoms with E-state index in [-0.39, 0.29) is 11.3 Å². The highest BCUT2D eigenvalue weighted by atomic mass is 32.2. The van der Waals surface area contributed by atoms with Crippen molar-refractivity contribution in [2.75, 3.05) is 5.75 Å². The summed E-state index contributed by atoms with van der Waals surface area (Å²) in [5.74, 6) is -0.539. The van der Waals surface area contributed by atoms with E-state index in [0.717, 1.165) is 6.42 Å². The highest BCUT2D eigenvalue weighted by Crippen LogP contribution is 2.31. The van der Waals surface area contributed by atoms with E-state index in [1.54, 1.807) is 30.5 Å². The van der Waals surface area contributed by atoms with Crippen LogP contribution in [0.4, 0.5) is 0 Å². The van der Waals surface area contributed by atoms with Gasteiger partial charge in [-0.05, 0) is 6.42 Å². The first-order chi connectivity index (χ1) is 9.13. The van der Waals surface area contributed by atoms with Crippen LogP contribution < -0.4 is 0 Å². The van der Waals surface area contributed by atoms with Crippen LogP contribution in [0.1, 0.15) is 19.8 Å². The molecule has 1 N–H and O–H groups in total. The van der Waals surface area contributed by atoms with E-state index in [1.807, 2.05) is 11.5 Å². The number of hydrogen-bond acceptors (Lipinski definition) is 4. The van der Waals surface area contributed by atoms with E-state index in [2.05, 4.69) is 4.98 Å². The number of hydrogen-bond donors (Lipinski definition) is 1. The van der Waals surface area contributed by atoms with Gasteiger partial charge < -0.3 is 14.6 Å². The zero-order valence-corrected chi connectivity index (χ0v) is 11.5. The predicted molar refractivity (Wildman–Crippen MR) is 71.7 cm³/mol. The van der Waals surface area contributed by atoms with Gasteiger partial charge in [-0.15, -0.1) is 11.8 Å². The van der Waals surface area contributed by atoms with Gasteiger partial charge in [0.25, 0.3) is 0 Å². The maximum atomic E-state index is 12.2. The minimum absolute atomic E-state index is 0.0172. The number of nitrogens with zero attached hydrogens (tertiary/aromatic N) is 3. The molecule has 1 aliphatic rings. The van der Waals surface area contributed by atoms with E-state index < -0.39 is 12.0 Å². The predicted octanol–water partition coefficient (Wildman–Crippen LogP) is 1.04. The second-order valence-electron chi connectivity index (χ2n) is 4.40. The Labute approximate surface area is 115 Å². The summed E-state index contributed by atoms with van der Waals surface area (Å²) in [4.78, 5) is 28.9. The second-order valence-corrected chi connectivity index (χ2v) is 5.61. The standard InChI is InChI=1S/C12H17N3O3S/c1-2-11-15(9(7-19-11)12(17)18)10(16)3-5-14-6-4-13-8-14/h4,6,8-9,11H,2-3,5,7H2,1H3,(H,17,18). The number of carboxylic acid groups (broad SMARTS) is 1. The van der Waals surface area contributed by atoms with Crippen LogP contribution in [-0.4, -0.2) is 48.6 Å². The lowest BCUT2D eigenvalue weighted by molar-refractivity contribution is -0.149. The molecule has 6 nitrogen and oxygen atoms in total. The summed E-state index contributed by atoms with van der Waals surface area (Å²) in [5, 5.41) is 9.16. The maximum Gasteiger partial charge on any atom is 0.327 e. The molecule has 0 bridgehead atoms. The van der Waals surface area contributed by atoms with Crippen LogP contribution in [0, 0.1) is 0 Å². The zero-order valence-electron chi connectivity index (χ0n) is 10.7. The number of imidazole rings is 1. The number of amides is 1. The monoisotopic (exact) mass is 283 g/mol. The van der Waals surface area contributed by atoms with Gasteiger partial charge in [0, 0.05) is 31.1 Å². The highest BCUT2D eigenvalue weighted by Gasteiger charge is 2.40. The van der Waals surface area contributed by atoms with Crippen molar-refractivity contribution in [1.29, 1.82) is 0 Å². The van der Waals surface area contributed by atoms with Gasteiger partial charge in [-0.2, -0.15) is 0 Å². The Kier molecular flexibility index (Phi) is 4.47. The molecule has 2 unspecified atom stereocenters. The van der Waals surface area contributed by atoms with Crippen molar-refractivity contribution in [3.63, 3.8) is 0 Å². The van der Waals surface area contributed by atoms with Gasteiger partial charge in [-0.25, -0.2) is 9.78 Å². The van der Waals surface area contributed by atoms with Crippen LogP contribution in [0.15, 0.2) is 18.7 Å². The quantitative estimate of drug-likeness (QED) is 0.873. The third kappa shape index (κ3) is 3.09. The molecule has 2 atom stereocenters. The van der Waals surface area contributed by atoms with Gasteiger partial charge >= 0.3 is 5.97 Å². The third-order valence-corrected chi connectivity index (χ3v) is 4.61. The molecule has 1 aromatic heterocycles. The summed E-state index contributed by atoms with van der Waals surface area (Å²) in [6.45, 7) is 2.50. The van der Waals surface area contributed by atoms with Crippen LogP contribution in [0.2, 0.25) is 0 Å². The molecule has 19 heavy (non-hydrogen) atoms. The number of carboxylic acids is 1. The Morgan fingerprint density at radius 3 is 2.89 bits per heavy atom. The molecule has 0 aliphatic carbocycles. The van der Waals surface area contributed by atoms with Crippen LogP contribution in [-0.2, 0) is 16.1 Å². The van der Waals surface area contributed by atoms with Crippen molar-refractivity contribution in [2.45, 2.75) is 37.7 Å². The molecule has 1 amide bonds. The maximum absolute atomic E-state index is 12.2. The van der Waals surface area contributed by atoms with Crippen molar-refractivity contribution >= 4 is 23.6 Å². The fourth-order valence-electron chi connectivity index (χ4n) is 2.18. The lowest BCUT2D eigenvalue weighted by atomic mass is 10.2. The minimum Gasteiger partial charge on any atom is -0.480 e. The Morgan fingerprint density at radius 1 is 1.53 bits per heavy atom. The Morgan fingerprint density at radius 2 is 2.32 bits per heavy atom. The lowest BCUT2D eigenvalue weighted by Crippen LogP contribution is -2.45. The number of carbonyl (C=O) groups excluding carboxylic acids is 1. The molecule has 104 valence electrons. The lowest BCUT2D eigenvalue weighted by Gasteiger charge is -2.26. The third-order valence-electron chi connectivity index (χ3n) is 3.16. The summed E-state index contributed by atoms with van der Waals surface area (Å²) in [6.07, 6.45) is 6.17. The van der Waals surface area contributed by atoms with Crippen LogP contribution in [0.3, 0.4) is 0 Å². The molecular formula is C12H17N3O3S. The van der Waals surface area contributed by atoms with Gasteiger partial charge in [-0.3, -0.25) is 4.79 Å². The van der Waals surface area contributed by atoms with E-state index >= 15 is 0 Å². The number of aliphatic carboxylic acids is 1. The minimum atomic E-state index is -0.917. The van der Waals surface area contributed by atoms with Gasteiger partial charge in [-0.1, -0.05) is 6.92 Å². The number of carbonyl (C=O) groups is 2. The smallest absolute Gasteiger partial charge is 0.327 e. The number of aromatic nitrogens is 2. The fourth-order valence-corrected chi connectivity index (χ4v) is 3.54. The first-order valence-corrected chi connectivity index (χ1v) is 7.29. The fraction of sp³-hybridized carbons (Fsp3) is 0.583. The average molecular weight is 283 g/mol. The normalized spacial score (nSPS) is 22.7. The van der Waals surface area contributed by atoms with Gasteiger partial charge in [0.05, 0.1) is 11.7 Å². The molecule has 0 saturated carbocycles. The van der Waals surface area contributed by atoms with Crippen LogP contribution in [0.5, 0.6) is 0 Å². The van der Waals surface area contributed by atoms with E-state index in [9.17, 15) is 14.7 Å². The molecule has 2 heterocycles. The molecule has 1 saturated heterocycles. The Balaban J connectivity index is 2.00. The van der Waals surface area contributed by atoms with E-state index in [1.165, 1.54) is 4.90 Å². The molecule has 2 rings (SSSR count). The summed E-state index contributed by atoms with van der Waals surface area (Å²) in [7, 11) is 0. The molecule has 0 spiro atoms. The average Bonchev–Trinajstić information content (AvgIpc) is 3.04. The molecule has 0 aromatic carbocycles. The SMILES string of the molecule is CCC1SCC(C(=O)O)N1C(=O)CCn1ccnc1. The first kappa shape index (κ1) is 13.9. The summed E-state index contributed by atoms with van der Waals surface area (Å²) < 4.78 is 1.82. The van der Waals surface area contributed by atoms with Gasteiger partial charge in [0.15, 0.2) is 0 Å². The van der Waals surface area contributed by atoms with Crippen molar-refractivity contribution in [3.8, 4) is 0 Å². The summed E-state index contributed by atoms with van der Waals surface area (Å²) >= 11 is 1.54. The van der Waals surface area contributed by atoms with Crippen LogP contribution >= 0.6 is 11.8 Å². The molecule has 1 aromatic rings. The molecule has 1 fully saturated rings. The number of aryl methyl sites for hydroxylation is 1. The number of thioether (sulfide) groups is 1. The highest BCUT2D eigenvalue weighted by molar-refractivity contribution is 8.00. The van der Waals surface area contributed by atoms with E-state index in [0.29, 0.717) is 18.7 Å². The Hall–Kier alpha value is -1.50. The van der Waals surface area contributed by atoms with Crippen molar-refractivity contribution in [3.05, 3.63) is 18.7 Å². The second kappa shape index (κ2) is 6.10. The zero-order chi connectivity index (χ0) is 13.8. The van der Waals surface area contributed by atoms with Crippen molar-refractivity contribution in [1.82, 2.24) is 14.5 Å². The van der Waals surface area contributed by atoms with Gasteiger partial charge in [0.1, 0.15) is 6.04 Å². The van der Waals surface area contributed by atoms with Crippen molar-refractivity contribution < 1.29 is 14.7 Å². The summed E-state index contributed by atoms with van der Waals surface area (Å²) in [5.41, 5.74) is 0. The first-order valence-electron chi connectivity index (χ1n) is 6.24. The Bertz CT molecular complexity index is 449. The van der Waals surface area contributed by atoms with Gasteiger partial charge in [0.2, 0.25) is 5.91 Å². The van der Waals surface area contributed by atoms with Crippen LogP contribution in [0.25, 0.3) is 0 Å². The molecule has 0 radical (unpaired) electrons.